The number of quaternary nitrogens is 1. The van der Waals surface area contributed by atoms with Crippen molar-refractivity contribution in [3.05, 3.63) is 29.3 Å². The molecule has 0 saturated carbocycles. The van der Waals surface area contributed by atoms with Gasteiger partial charge in [0.15, 0.2) is 0 Å². The van der Waals surface area contributed by atoms with Gasteiger partial charge < -0.3 is 9.80 Å². The first-order valence-corrected chi connectivity index (χ1v) is 9.49. The molecule has 6 nitrogen and oxygen atoms in total. The van der Waals surface area contributed by atoms with E-state index in [-0.39, 0.29) is 17.3 Å². The van der Waals surface area contributed by atoms with Crippen molar-refractivity contribution in [1.82, 2.24) is 9.21 Å². The molecule has 0 spiro atoms. The number of sulfonamides is 1. The average Bonchev–Trinajstić information content (AvgIpc) is 2.55. The molecule has 0 aliphatic carbocycles. The van der Waals surface area contributed by atoms with Crippen molar-refractivity contribution in [1.29, 1.82) is 0 Å². The summed E-state index contributed by atoms with van der Waals surface area (Å²) in [5.41, 5.74) is 0. The molecule has 1 saturated heterocycles. The molecule has 1 aromatic carbocycles. The van der Waals surface area contributed by atoms with Gasteiger partial charge in [0.1, 0.15) is 0 Å². The van der Waals surface area contributed by atoms with E-state index >= 15 is 0 Å². The predicted octanol–water partition coefficient (Wildman–Crippen LogP) is -0.292. The van der Waals surface area contributed by atoms with Gasteiger partial charge in [-0.3, -0.25) is 4.79 Å². The third-order valence-electron chi connectivity index (χ3n) is 4.20. The number of nitrogens with one attached hydrogen (secondary N) is 1. The summed E-state index contributed by atoms with van der Waals surface area (Å²) in [7, 11) is -2.26. The zero-order valence-electron chi connectivity index (χ0n) is 13.5. The molecule has 1 aromatic rings. The molecule has 1 heterocycles. The van der Waals surface area contributed by atoms with Crippen LogP contribution in [0, 0.1) is 0 Å². The molecule has 1 aliphatic heterocycles. The minimum Gasteiger partial charge on any atom is -0.332 e. The van der Waals surface area contributed by atoms with Gasteiger partial charge in [-0.05, 0) is 31.2 Å². The maximum Gasteiger partial charge on any atom is 0.243 e. The summed E-state index contributed by atoms with van der Waals surface area (Å²) in [6.07, 6.45) is 0. The minimum absolute atomic E-state index is 0.137. The van der Waals surface area contributed by atoms with E-state index in [0.717, 1.165) is 23.9 Å². The molecular weight excluding hydrogens is 338 g/mol. The minimum atomic E-state index is -3.68. The van der Waals surface area contributed by atoms with Gasteiger partial charge in [-0.2, -0.15) is 4.31 Å². The van der Waals surface area contributed by atoms with Crippen molar-refractivity contribution < 1.29 is 18.1 Å². The molecule has 2 rings (SSSR count). The lowest BCUT2D eigenvalue weighted by atomic mass is 10.3. The maximum absolute atomic E-state index is 12.5. The largest absolute Gasteiger partial charge is 0.332 e. The monoisotopic (exact) mass is 360 g/mol. The van der Waals surface area contributed by atoms with Gasteiger partial charge >= 0.3 is 0 Å². The Balaban J connectivity index is 1.99. The lowest BCUT2D eigenvalue weighted by molar-refractivity contribution is -0.902. The van der Waals surface area contributed by atoms with Gasteiger partial charge in [-0.1, -0.05) is 11.6 Å². The van der Waals surface area contributed by atoms with E-state index in [1.807, 2.05) is 0 Å². The van der Waals surface area contributed by atoms with Crippen molar-refractivity contribution in [2.75, 3.05) is 46.3 Å². The summed E-state index contributed by atoms with van der Waals surface area (Å²) in [4.78, 5) is 15.7. The molecule has 23 heavy (non-hydrogen) atoms. The Bertz CT molecular complexity index is 640. The van der Waals surface area contributed by atoms with Gasteiger partial charge in [0, 0.05) is 12.1 Å². The number of nitrogens with zero attached hydrogens (tertiary/aromatic N) is 2. The molecule has 0 aromatic heterocycles. The van der Waals surface area contributed by atoms with Crippen LogP contribution in [0.2, 0.25) is 5.02 Å². The summed E-state index contributed by atoms with van der Waals surface area (Å²) in [5, 5.41) is 0.471. The molecule has 1 fully saturated rings. The average molecular weight is 361 g/mol. The van der Waals surface area contributed by atoms with Gasteiger partial charge in [0.2, 0.25) is 15.9 Å². The summed E-state index contributed by atoms with van der Waals surface area (Å²) in [6.45, 7) is 6.21. The van der Waals surface area contributed by atoms with Gasteiger partial charge in [0.05, 0.1) is 44.2 Å². The van der Waals surface area contributed by atoms with E-state index in [4.69, 9.17) is 11.6 Å². The topological polar surface area (TPSA) is 62.1 Å². The molecule has 8 heteroatoms. The predicted molar refractivity (Wildman–Crippen MR) is 89.1 cm³/mol. The van der Waals surface area contributed by atoms with Crippen LogP contribution in [0.25, 0.3) is 0 Å². The third-order valence-corrected chi connectivity index (χ3v) is 6.27. The second kappa shape index (κ2) is 7.61. The van der Waals surface area contributed by atoms with Crippen LogP contribution in [0.5, 0.6) is 0 Å². The normalized spacial score (nSPS) is 16.8. The van der Waals surface area contributed by atoms with Crippen LogP contribution in [0.4, 0.5) is 0 Å². The van der Waals surface area contributed by atoms with Crippen molar-refractivity contribution in [3.63, 3.8) is 0 Å². The lowest BCUT2D eigenvalue weighted by Gasteiger charge is -2.32. The summed E-state index contributed by atoms with van der Waals surface area (Å²) in [6, 6.07) is 5.94. The molecule has 0 bridgehead atoms. The smallest absolute Gasteiger partial charge is 0.243 e. The number of hydrogen-bond donors (Lipinski definition) is 1. The Hall–Kier alpha value is -1.15. The number of carbonyl (C=O) groups excluding carboxylic acids is 1. The Kier molecular flexibility index (Phi) is 6.02. The molecule has 1 N–H and O–H groups in total. The van der Waals surface area contributed by atoms with Crippen molar-refractivity contribution in [3.8, 4) is 0 Å². The molecule has 1 amide bonds. The van der Waals surface area contributed by atoms with E-state index in [0.29, 0.717) is 18.1 Å². The van der Waals surface area contributed by atoms with Crippen molar-refractivity contribution >= 4 is 27.5 Å². The highest BCUT2D eigenvalue weighted by molar-refractivity contribution is 7.89. The fourth-order valence-corrected chi connectivity index (χ4v) is 3.83. The Morgan fingerprint density at radius 1 is 1.26 bits per heavy atom. The fourth-order valence-electron chi connectivity index (χ4n) is 2.59. The number of likely N-dealkylation sites (N-methyl/N-ethyl adjacent to an activating group) is 2. The Morgan fingerprint density at radius 2 is 1.83 bits per heavy atom. The van der Waals surface area contributed by atoms with E-state index < -0.39 is 10.0 Å². The molecule has 0 radical (unpaired) electrons. The number of amides is 1. The third kappa shape index (κ3) is 4.44. The molecule has 0 atom stereocenters. The van der Waals surface area contributed by atoms with Crippen molar-refractivity contribution in [2.24, 2.45) is 0 Å². The van der Waals surface area contributed by atoms with Gasteiger partial charge in [-0.15, -0.1) is 0 Å². The standard InChI is InChI=1S/C15H22ClN3O3S/c1-3-18-8-10-19(11-9-18)15(20)12-17(2)23(21,22)14-6-4-13(16)5-7-14/h4-7H,3,8-12H2,1-2H3/p+1. The fraction of sp³-hybridized carbons (Fsp3) is 0.533. The first-order valence-electron chi connectivity index (χ1n) is 7.68. The Labute approximate surface area is 142 Å². The van der Waals surface area contributed by atoms with Crippen molar-refractivity contribution in [2.45, 2.75) is 11.8 Å². The first kappa shape index (κ1) is 18.2. The van der Waals surface area contributed by atoms with Crippen LogP contribution < -0.4 is 4.90 Å². The first-order chi connectivity index (χ1) is 10.8. The summed E-state index contributed by atoms with van der Waals surface area (Å²) in [5.74, 6) is -0.153. The quantitative estimate of drug-likeness (QED) is 0.784. The second-order valence-corrected chi connectivity index (χ2v) is 8.18. The maximum atomic E-state index is 12.5. The van der Waals surface area contributed by atoms with Crippen LogP contribution in [0.3, 0.4) is 0 Å². The highest BCUT2D eigenvalue weighted by Gasteiger charge is 2.27. The van der Waals surface area contributed by atoms with Crippen LogP contribution in [-0.4, -0.2) is 69.8 Å². The summed E-state index contributed by atoms with van der Waals surface area (Å²) < 4.78 is 26.0. The van der Waals surface area contributed by atoms with E-state index in [9.17, 15) is 13.2 Å². The molecule has 128 valence electrons. The van der Waals surface area contributed by atoms with Crippen LogP contribution in [0.1, 0.15) is 6.92 Å². The molecule has 0 unspecified atom stereocenters. The van der Waals surface area contributed by atoms with Gasteiger partial charge in [0.25, 0.3) is 0 Å². The van der Waals surface area contributed by atoms with E-state index in [1.165, 1.54) is 36.2 Å². The zero-order valence-corrected chi connectivity index (χ0v) is 15.0. The summed E-state index contributed by atoms with van der Waals surface area (Å²) >= 11 is 5.78. The number of piperazine rings is 1. The lowest BCUT2D eigenvalue weighted by Crippen LogP contribution is -3.14. The molecular formula is C15H23ClN3O3S+. The van der Waals surface area contributed by atoms with Gasteiger partial charge in [-0.25, -0.2) is 8.42 Å². The number of rotatable bonds is 5. The number of halogens is 1. The second-order valence-electron chi connectivity index (χ2n) is 5.70. The number of benzene rings is 1. The van der Waals surface area contributed by atoms with Crippen LogP contribution in [-0.2, 0) is 14.8 Å². The van der Waals surface area contributed by atoms with Crippen LogP contribution >= 0.6 is 11.6 Å². The SMILES string of the molecule is CC[NH+]1CCN(C(=O)CN(C)S(=O)(=O)c2ccc(Cl)cc2)CC1. The highest BCUT2D eigenvalue weighted by Crippen LogP contribution is 2.17. The zero-order chi connectivity index (χ0) is 17.0. The van der Waals surface area contributed by atoms with Crippen LogP contribution in [0.15, 0.2) is 29.2 Å². The van der Waals surface area contributed by atoms with E-state index in [1.54, 1.807) is 4.90 Å². The van der Waals surface area contributed by atoms with E-state index in [2.05, 4.69) is 6.92 Å². The molecule has 1 aliphatic rings. The number of carbonyl (C=O) groups is 1. The number of hydrogen-bond acceptors (Lipinski definition) is 3. The highest BCUT2D eigenvalue weighted by atomic mass is 35.5. The Morgan fingerprint density at radius 3 is 2.35 bits per heavy atom.